The van der Waals surface area contributed by atoms with Gasteiger partial charge in [0.25, 0.3) is 5.91 Å². The van der Waals surface area contributed by atoms with Crippen LogP contribution in [0.5, 0.6) is 11.5 Å². The molecule has 1 unspecified atom stereocenters. The fourth-order valence-corrected chi connectivity index (χ4v) is 3.34. The van der Waals surface area contributed by atoms with Crippen molar-refractivity contribution in [2.45, 2.75) is 40.0 Å². The second-order valence-corrected chi connectivity index (χ2v) is 7.52. The Hall–Kier alpha value is -2.69. The fraction of sp³-hybridized carbons (Fsp3) is 0.409. The number of benzene rings is 2. The molecule has 3 rings (SSSR count). The third-order valence-electron chi connectivity index (χ3n) is 4.45. The molecule has 5 nitrogen and oxygen atoms in total. The predicted octanol–water partition coefficient (Wildman–Crippen LogP) is 4.70. The van der Waals surface area contributed by atoms with E-state index in [-0.39, 0.29) is 18.2 Å². The number of nitrogens with zero attached hydrogens (tertiary/aromatic N) is 1. The monoisotopic (exact) mass is 368 g/mol. The number of nitrogens with one attached hydrogen (secondary N) is 1. The molecule has 1 aliphatic heterocycles. The van der Waals surface area contributed by atoms with E-state index in [0.717, 1.165) is 11.3 Å². The molecule has 0 fully saturated rings. The van der Waals surface area contributed by atoms with Crippen LogP contribution < -0.4 is 14.8 Å². The van der Waals surface area contributed by atoms with Gasteiger partial charge in [-0.2, -0.15) is 0 Å². The number of ether oxygens (including phenoxy) is 2. The summed E-state index contributed by atoms with van der Waals surface area (Å²) in [5.74, 6) is 1.77. The highest BCUT2D eigenvalue weighted by atomic mass is 16.5. The Bertz CT molecular complexity index is 817. The number of para-hydroxylation sites is 1. The Labute approximate surface area is 161 Å². The normalized spacial score (nSPS) is 16.3. The first-order valence-electron chi connectivity index (χ1n) is 9.41. The largest absolute Gasteiger partial charge is 0.493 e. The van der Waals surface area contributed by atoms with Crippen molar-refractivity contribution in [1.82, 2.24) is 4.90 Å². The molecule has 2 aromatic rings. The fourth-order valence-electron chi connectivity index (χ4n) is 3.34. The van der Waals surface area contributed by atoms with Crippen LogP contribution in [0.4, 0.5) is 5.69 Å². The van der Waals surface area contributed by atoms with Crippen LogP contribution in [0.1, 0.15) is 49.8 Å². The molecule has 1 amide bonds. The van der Waals surface area contributed by atoms with Crippen LogP contribution in [0.15, 0.2) is 42.5 Å². The highest BCUT2D eigenvalue weighted by Gasteiger charge is 2.33. The summed E-state index contributed by atoms with van der Waals surface area (Å²) in [6.07, 6.45) is -0.194. The van der Waals surface area contributed by atoms with Crippen molar-refractivity contribution >= 4 is 11.6 Å². The van der Waals surface area contributed by atoms with Crippen molar-refractivity contribution in [1.29, 1.82) is 0 Å². The second kappa shape index (κ2) is 7.91. The molecule has 0 spiro atoms. The lowest BCUT2D eigenvalue weighted by atomic mass is 10.0. The van der Waals surface area contributed by atoms with Crippen LogP contribution in [-0.2, 0) is 0 Å². The van der Waals surface area contributed by atoms with Gasteiger partial charge in [-0.05, 0) is 49.6 Å². The molecule has 0 aliphatic carbocycles. The van der Waals surface area contributed by atoms with E-state index in [2.05, 4.69) is 19.2 Å². The maximum Gasteiger partial charge on any atom is 0.257 e. The molecule has 1 aliphatic rings. The van der Waals surface area contributed by atoms with Gasteiger partial charge in [0.2, 0.25) is 0 Å². The van der Waals surface area contributed by atoms with Crippen molar-refractivity contribution in [3.63, 3.8) is 0 Å². The van der Waals surface area contributed by atoms with Gasteiger partial charge in [-0.15, -0.1) is 0 Å². The van der Waals surface area contributed by atoms with E-state index in [1.165, 1.54) is 0 Å². The number of anilines is 1. The first kappa shape index (κ1) is 19.1. The van der Waals surface area contributed by atoms with Crippen LogP contribution in [0, 0.1) is 5.92 Å². The average Bonchev–Trinajstić information content (AvgIpc) is 2.63. The molecule has 0 saturated carbocycles. The molecule has 0 radical (unpaired) electrons. The zero-order valence-electron chi connectivity index (χ0n) is 16.7. The molecule has 0 saturated heterocycles. The van der Waals surface area contributed by atoms with E-state index >= 15 is 0 Å². The van der Waals surface area contributed by atoms with Crippen molar-refractivity contribution < 1.29 is 14.3 Å². The lowest BCUT2D eigenvalue weighted by molar-refractivity contribution is 0.0657. The van der Waals surface area contributed by atoms with Crippen LogP contribution in [0.2, 0.25) is 0 Å². The van der Waals surface area contributed by atoms with Gasteiger partial charge < -0.3 is 19.7 Å². The lowest BCUT2D eigenvalue weighted by Gasteiger charge is -2.39. The minimum atomic E-state index is -0.253. The number of carbonyl (C=O) groups is 1. The number of hydrogen-bond donors (Lipinski definition) is 1. The van der Waals surface area contributed by atoms with E-state index in [9.17, 15) is 4.79 Å². The minimum Gasteiger partial charge on any atom is -0.493 e. The SMILES string of the molecule is COc1cc(C2Nc3ccccc3C(=O)N2CC(C)C)ccc1OC(C)C. The molecule has 0 bridgehead atoms. The molecule has 0 aromatic heterocycles. The molecule has 27 heavy (non-hydrogen) atoms. The number of methoxy groups -OCH3 is 1. The minimum absolute atomic E-state index is 0.0459. The Morgan fingerprint density at radius 3 is 2.48 bits per heavy atom. The molecule has 2 aromatic carbocycles. The molecule has 1 N–H and O–H groups in total. The van der Waals surface area contributed by atoms with Gasteiger partial charge in [-0.25, -0.2) is 0 Å². The molecule has 1 heterocycles. The Kier molecular flexibility index (Phi) is 5.59. The van der Waals surface area contributed by atoms with Crippen LogP contribution in [-0.4, -0.2) is 30.6 Å². The summed E-state index contributed by atoms with van der Waals surface area (Å²) in [4.78, 5) is 15.0. The summed E-state index contributed by atoms with van der Waals surface area (Å²) in [7, 11) is 1.63. The van der Waals surface area contributed by atoms with Crippen LogP contribution in [0.25, 0.3) is 0 Å². The molecule has 144 valence electrons. The van der Waals surface area contributed by atoms with Gasteiger partial charge in [0, 0.05) is 12.2 Å². The summed E-state index contributed by atoms with van der Waals surface area (Å²) < 4.78 is 11.4. The smallest absolute Gasteiger partial charge is 0.257 e. The summed E-state index contributed by atoms with van der Waals surface area (Å²) in [6, 6.07) is 13.5. The summed E-state index contributed by atoms with van der Waals surface area (Å²) >= 11 is 0. The highest BCUT2D eigenvalue weighted by Crippen LogP contribution is 2.37. The number of carbonyl (C=O) groups excluding carboxylic acids is 1. The quantitative estimate of drug-likeness (QED) is 0.803. The molecule has 1 atom stereocenters. The van der Waals surface area contributed by atoms with Gasteiger partial charge in [0.15, 0.2) is 11.5 Å². The predicted molar refractivity (Wildman–Crippen MR) is 107 cm³/mol. The Morgan fingerprint density at radius 2 is 1.81 bits per heavy atom. The molecular weight excluding hydrogens is 340 g/mol. The van der Waals surface area contributed by atoms with E-state index in [1.807, 2.05) is 61.2 Å². The summed E-state index contributed by atoms with van der Waals surface area (Å²) in [5, 5.41) is 3.52. The van der Waals surface area contributed by atoms with Gasteiger partial charge in [-0.1, -0.05) is 32.0 Å². The second-order valence-electron chi connectivity index (χ2n) is 7.52. The summed E-state index contributed by atoms with van der Waals surface area (Å²) in [5.41, 5.74) is 2.53. The van der Waals surface area contributed by atoms with Gasteiger partial charge >= 0.3 is 0 Å². The topological polar surface area (TPSA) is 50.8 Å². The standard InChI is InChI=1S/C22H28N2O3/c1-14(2)13-24-21(23-18-9-7-6-8-17(18)22(24)25)16-10-11-19(27-15(3)4)20(12-16)26-5/h6-12,14-15,21,23H,13H2,1-5H3. The van der Waals surface area contributed by atoms with Crippen LogP contribution in [0.3, 0.4) is 0 Å². The maximum atomic E-state index is 13.1. The van der Waals surface area contributed by atoms with E-state index in [1.54, 1.807) is 7.11 Å². The molecular formula is C22H28N2O3. The van der Waals surface area contributed by atoms with E-state index in [4.69, 9.17) is 9.47 Å². The molecule has 5 heteroatoms. The first-order valence-corrected chi connectivity index (χ1v) is 9.41. The Morgan fingerprint density at radius 1 is 1.07 bits per heavy atom. The van der Waals surface area contributed by atoms with E-state index in [0.29, 0.717) is 29.5 Å². The van der Waals surface area contributed by atoms with Gasteiger partial charge in [-0.3, -0.25) is 4.79 Å². The zero-order valence-corrected chi connectivity index (χ0v) is 16.7. The van der Waals surface area contributed by atoms with Gasteiger partial charge in [0.05, 0.1) is 18.8 Å². The summed E-state index contributed by atoms with van der Waals surface area (Å²) in [6.45, 7) is 8.86. The highest BCUT2D eigenvalue weighted by molar-refractivity contribution is 6.01. The number of amides is 1. The van der Waals surface area contributed by atoms with Crippen molar-refractivity contribution in [2.24, 2.45) is 5.92 Å². The third-order valence-corrected chi connectivity index (χ3v) is 4.45. The maximum absolute atomic E-state index is 13.1. The average molecular weight is 368 g/mol. The lowest BCUT2D eigenvalue weighted by Crippen LogP contribution is -2.44. The first-order chi connectivity index (χ1) is 12.9. The van der Waals surface area contributed by atoms with Crippen molar-refractivity contribution in [3.8, 4) is 11.5 Å². The zero-order chi connectivity index (χ0) is 19.6. The van der Waals surface area contributed by atoms with Crippen molar-refractivity contribution in [2.75, 3.05) is 19.0 Å². The third kappa shape index (κ3) is 4.02. The van der Waals surface area contributed by atoms with Crippen LogP contribution >= 0.6 is 0 Å². The van der Waals surface area contributed by atoms with Gasteiger partial charge in [0.1, 0.15) is 6.17 Å². The van der Waals surface area contributed by atoms with E-state index < -0.39 is 0 Å². The van der Waals surface area contributed by atoms with Crippen molar-refractivity contribution in [3.05, 3.63) is 53.6 Å². The number of fused-ring (bicyclic) bond motifs is 1. The number of hydrogen-bond acceptors (Lipinski definition) is 4. The Balaban J connectivity index is 2.01. The number of rotatable bonds is 6.